The highest BCUT2D eigenvalue weighted by Gasteiger charge is 2.24. The lowest BCUT2D eigenvalue weighted by Crippen LogP contribution is -2.37. The van der Waals surface area contributed by atoms with Gasteiger partial charge in [-0.15, -0.1) is 0 Å². The third-order valence-electron chi connectivity index (χ3n) is 5.30. The van der Waals surface area contributed by atoms with Gasteiger partial charge in [0.15, 0.2) is 0 Å². The summed E-state index contributed by atoms with van der Waals surface area (Å²) in [6.45, 7) is 6.68. The molecule has 0 aliphatic carbocycles. The van der Waals surface area contributed by atoms with E-state index in [0.29, 0.717) is 13.0 Å². The van der Waals surface area contributed by atoms with Gasteiger partial charge < -0.3 is 5.32 Å². The fraction of sp³-hybridized carbons (Fsp3) is 0.500. The van der Waals surface area contributed by atoms with Gasteiger partial charge in [0.2, 0.25) is 5.91 Å². The first-order valence-electron chi connectivity index (χ1n) is 9.21. The van der Waals surface area contributed by atoms with Gasteiger partial charge in [-0.2, -0.15) is 5.10 Å². The molecule has 26 heavy (non-hydrogen) atoms. The monoisotopic (exact) mass is 374 g/mol. The van der Waals surface area contributed by atoms with Crippen LogP contribution in [0.25, 0.3) is 0 Å². The molecule has 1 aliphatic rings. The molecule has 140 valence electrons. The Balaban J connectivity index is 1.68. The van der Waals surface area contributed by atoms with Gasteiger partial charge in [0.25, 0.3) is 0 Å². The number of halogens is 1. The lowest BCUT2D eigenvalue weighted by atomic mass is 10.0. The zero-order chi connectivity index (χ0) is 18.7. The Labute approximate surface area is 160 Å². The number of carbonyl (C=O) groups excluding carboxylic acids is 1. The van der Waals surface area contributed by atoms with E-state index in [4.69, 9.17) is 11.6 Å². The maximum absolute atomic E-state index is 12.6. The van der Waals surface area contributed by atoms with Crippen LogP contribution in [-0.2, 0) is 18.3 Å². The molecule has 3 rings (SSSR count). The number of aromatic nitrogens is 2. The second-order valence-corrected chi connectivity index (χ2v) is 7.50. The average molecular weight is 375 g/mol. The molecule has 0 saturated carbocycles. The molecule has 2 heterocycles. The van der Waals surface area contributed by atoms with Crippen molar-refractivity contribution in [1.29, 1.82) is 0 Å². The van der Waals surface area contributed by atoms with Gasteiger partial charge in [0, 0.05) is 29.9 Å². The highest BCUT2D eigenvalue weighted by atomic mass is 35.5. The lowest BCUT2D eigenvalue weighted by Gasteiger charge is -2.28. The summed E-state index contributed by atoms with van der Waals surface area (Å²) in [5, 5.41) is 8.26. The first kappa shape index (κ1) is 18.9. The number of rotatable bonds is 6. The van der Waals surface area contributed by atoms with Crippen molar-refractivity contribution in [2.45, 2.75) is 39.2 Å². The Bertz CT molecular complexity index is 780. The van der Waals surface area contributed by atoms with Crippen molar-refractivity contribution >= 4 is 17.5 Å². The summed E-state index contributed by atoms with van der Waals surface area (Å²) in [5.41, 5.74) is 4.15. The molecule has 1 aromatic heterocycles. The molecule has 1 aliphatic heterocycles. The topological polar surface area (TPSA) is 50.2 Å². The Hall–Kier alpha value is -1.85. The number of hydrogen-bond acceptors (Lipinski definition) is 3. The molecule has 1 fully saturated rings. The fourth-order valence-electron chi connectivity index (χ4n) is 3.73. The minimum atomic E-state index is 0.0374. The maximum atomic E-state index is 12.6. The second-order valence-electron chi connectivity index (χ2n) is 7.07. The molecule has 1 amide bonds. The lowest BCUT2D eigenvalue weighted by molar-refractivity contribution is -0.120. The first-order valence-corrected chi connectivity index (χ1v) is 9.59. The standard InChI is InChI=1S/C20H27ClN4O/c1-14-18(15(2)24(3)23-14)12-20(26)22-13-19(25-9-4-5-10-25)16-7-6-8-17(21)11-16/h6-8,11,19H,4-5,9-10,12-13H2,1-3H3,(H,22,26). The van der Waals surface area contributed by atoms with Crippen LogP contribution >= 0.6 is 11.6 Å². The smallest absolute Gasteiger partial charge is 0.224 e. The highest BCUT2D eigenvalue weighted by Crippen LogP contribution is 2.26. The summed E-state index contributed by atoms with van der Waals surface area (Å²) >= 11 is 6.19. The number of aryl methyl sites for hydroxylation is 2. The van der Waals surface area contributed by atoms with Gasteiger partial charge in [0.05, 0.1) is 18.2 Å². The van der Waals surface area contributed by atoms with Gasteiger partial charge in [-0.05, 0) is 57.5 Å². The zero-order valence-corrected chi connectivity index (χ0v) is 16.5. The zero-order valence-electron chi connectivity index (χ0n) is 15.8. The van der Waals surface area contributed by atoms with Gasteiger partial charge in [-0.25, -0.2) is 0 Å². The molecule has 1 N–H and O–H groups in total. The molecule has 0 bridgehead atoms. The molecule has 1 saturated heterocycles. The van der Waals surface area contributed by atoms with E-state index < -0.39 is 0 Å². The van der Waals surface area contributed by atoms with Gasteiger partial charge in [-0.3, -0.25) is 14.4 Å². The average Bonchev–Trinajstić information content (AvgIpc) is 3.20. The van der Waals surface area contributed by atoms with Crippen molar-refractivity contribution in [3.05, 3.63) is 51.8 Å². The number of likely N-dealkylation sites (tertiary alicyclic amines) is 1. The quantitative estimate of drug-likeness (QED) is 0.844. The van der Waals surface area contributed by atoms with Gasteiger partial charge >= 0.3 is 0 Å². The molecule has 5 nitrogen and oxygen atoms in total. The van der Waals surface area contributed by atoms with Crippen LogP contribution in [0.3, 0.4) is 0 Å². The molecule has 1 aromatic carbocycles. The number of benzene rings is 1. The summed E-state index contributed by atoms with van der Waals surface area (Å²) in [5.74, 6) is 0.0374. The number of amides is 1. The molecular weight excluding hydrogens is 348 g/mol. The van der Waals surface area contributed by atoms with Crippen LogP contribution in [-0.4, -0.2) is 40.2 Å². The minimum absolute atomic E-state index is 0.0374. The third-order valence-corrected chi connectivity index (χ3v) is 5.54. The van der Waals surface area contributed by atoms with Gasteiger partial charge in [-0.1, -0.05) is 23.7 Å². The van der Waals surface area contributed by atoms with E-state index in [0.717, 1.165) is 40.6 Å². The molecule has 0 spiro atoms. The predicted octanol–water partition coefficient (Wildman–Crippen LogP) is 3.19. The van der Waals surface area contributed by atoms with E-state index in [1.807, 2.05) is 43.8 Å². The summed E-state index contributed by atoms with van der Waals surface area (Å²) in [6, 6.07) is 8.13. The van der Waals surface area contributed by atoms with Crippen molar-refractivity contribution in [3.8, 4) is 0 Å². The predicted molar refractivity (Wildman–Crippen MR) is 104 cm³/mol. The van der Waals surface area contributed by atoms with Crippen LogP contribution in [0.2, 0.25) is 5.02 Å². The van der Waals surface area contributed by atoms with Crippen LogP contribution in [0.1, 0.15) is 41.4 Å². The molecule has 0 radical (unpaired) electrons. The van der Waals surface area contributed by atoms with Crippen LogP contribution in [0.5, 0.6) is 0 Å². The SMILES string of the molecule is Cc1nn(C)c(C)c1CC(=O)NCC(c1cccc(Cl)c1)N1CCCC1. The Kier molecular flexibility index (Phi) is 5.99. The minimum Gasteiger partial charge on any atom is -0.354 e. The number of carbonyl (C=O) groups is 1. The Morgan fingerprint density at radius 2 is 2.04 bits per heavy atom. The van der Waals surface area contributed by atoms with Crippen LogP contribution < -0.4 is 5.32 Å². The molecule has 1 unspecified atom stereocenters. The van der Waals surface area contributed by atoms with E-state index in [1.54, 1.807) is 0 Å². The van der Waals surface area contributed by atoms with Crippen molar-refractivity contribution in [2.24, 2.45) is 7.05 Å². The summed E-state index contributed by atoms with van der Waals surface area (Å²) in [6.07, 6.45) is 2.78. The Morgan fingerprint density at radius 1 is 1.31 bits per heavy atom. The molecular formula is C20H27ClN4O. The summed E-state index contributed by atoms with van der Waals surface area (Å²) < 4.78 is 1.83. The van der Waals surface area contributed by atoms with E-state index >= 15 is 0 Å². The third kappa shape index (κ3) is 4.27. The van der Waals surface area contributed by atoms with E-state index in [-0.39, 0.29) is 11.9 Å². The van der Waals surface area contributed by atoms with Crippen molar-refractivity contribution in [1.82, 2.24) is 20.0 Å². The van der Waals surface area contributed by atoms with Crippen LogP contribution in [0.4, 0.5) is 0 Å². The largest absolute Gasteiger partial charge is 0.354 e. The van der Waals surface area contributed by atoms with Crippen molar-refractivity contribution in [2.75, 3.05) is 19.6 Å². The van der Waals surface area contributed by atoms with E-state index in [2.05, 4.69) is 21.4 Å². The Morgan fingerprint density at radius 3 is 2.65 bits per heavy atom. The first-order chi connectivity index (χ1) is 12.5. The van der Waals surface area contributed by atoms with Crippen molar-refractivity contribution in [3.63, 3.8) is 0 Å². The normalized spacial score (nSPS) is 16.0. The fourth-order valence-corrected chi connectivity index (χ4v) is 3.93. The van der Waals surface area contributed by atoms with E-state index in [1.165, 1.54) is 12.8 Å². The van der Waals surface area contributed by atoms with Crippen molar-refractivity contribution < 1.29 is 4.79 Å². The molecule has 2 aromatic rings. The summed E-state index contributed by atoms with van der Waals surface area (Å²) in [4.78, 5) is 15.0. The molecule has 1 atom stereocenters. The number of nitrogens with one attached hydrogen (secondary N) is 1. The van der Waals surface area contributed by atoms with Gasteiger partial charge in [0.1, 0.15) is 0 Å². The highest BCUT2D eigenvalue weighted by molar-refractivity contribution is 6.30. The molecule has 6 heteroatoms. The summed E-state index contributed by atoms with van der Waals surface area (Å²) in [7, 11) is 1.91. The van der Waals surface area contributed by atoms with Crippen LogP contribution in [0.15, 0.2) is 24.3 Å². The number of hydrogen-bond donors (Lipinski definition) is 1. The van der Waals surface area contributed by atoms with E-state index in [9.17, 15) is 4.79 Å². The van der Waals surface area contributed by atoms with Crippen LogP contribution in [0, 0.1) is 13.8 Å². The number of nitrogens with zero attached hydrogens (tertiary/aromatic N) is 3. The second kappa shape index (κ2) is 8.23. The maximum Gasteiger partial charge on any atom is 0.224 e.